The molecule has 6 nitrogen and oxygen atoms in total. The number of rotatable bonds is 7. The van der Waals surface area contributed by atoms with Crippen LogP contribution in [-0.2, 0) is 21.1 Å². The molecule has 21 heavy (non-hydrogen) atoms. The van der Waals surface area contributed by atoms with Gasteiger partial charge in [0.2, 0.25) is 0 Å². The molecule has 1 aromatic carbocycles. The van der Waals surface area contributed by atoms with Gasteiger partial charge in [-0.05, 0) is 24.6 Å². The zero-order chi connectivity index (χ0) is 15.7. The van der Waals surface area contributed by atoms with E-state index in [2.05, 4.69) is 15.6 Å². The highest BCUT2D eigenvalue weighted by Crippen LogP contribution is 2.09. The normalized spacial score (nSPS) is 12.2. The molecule has 0 heterocycles. The molecule has 0 unspecified atom stereocenters. The SMILES string of the molecule is CCOCCNC(=NC)NCc1ccc(S(C)(=O)=O)cc1. The minimum Gasteiger partial charge on any atom is -0.380 e. The number of nitrogens with one attached hydrogen (secondary N) is 2. The second-order valence-corrected chi connectivity index (χ2v) is 6.48. The Morgan fingerprint density at radius 2 is 1.90 bits per heavy atom. The zero-order valence-corrected chi connectivity index (χ0v) is 13.5. The summed E-state index contributed by atoms with van der Waals surface area (Å²) in [7, 11) is -1.45. The Bertz CT molecular complexity index is 553. The van der Waals surface area contributed by atoms with Crippen LogP contribution >= 0.6 is 0 Å². The fourth-order valence-corrected chi connectivity index (χ4v) is 2.28. The Balaban J connectivity index is 2.46. The van der Waals surface area contributed by atoms with Crippen LogP contribution in [0.5, 0.6) is 0 Å². The molecule has 118 valence electrons. The van der Waals surface area contributed by atoms with Crippen LogP contribution in [0, 0.1) is 0 Å². The molecule has 2 N–H and O–H groups in total. The summed E-state index contributed by atoms with van der Waals surface area (Å²) < 4.78 is 28.0. The zero-order valence-electron chi connectivity index (χ0n) is 12.7. The first-order valence-electron chi connectivity index (χ1n) is 6.78. The smallest absolute Gasteiger partial charge is 0.191 e. The van der Waals surface area contributed by atoms with Crippen molar-refractivity contribution in [2.75, 3.05) is 33.1 Å². The van der Waals surface area contributed by atoms with Gasteiger partial charge in [0.1, 0.15) is 0 Å². The second-order valence-electron chi connectivity index (χ2n) is 4.47. The molecular formula is C14H23N3O3S. The van der Waals surface area contributed by atoms with E-state index >= 15 is 0 Å². The van der Waals surface area contributed by atoms with Gasteiger partial charge in [0, 0.05) is 33.0 Å². The Hall–Kier alpha value is -1.60. The summed E-state index contributed by atoms with van der Waals surface area (Å²) in [6, 6.07) is 6.79. The van der Waals surface area contributed by atoms with E-state index in [9.17, 15) is 8.42 Å². The van der Waals surface area contributed by atoms with Gasteiger partial charge < -0.3 is 15.4 Å². The van der Waals surface area contributed by atoms with Crippen LogP contribution in [0.2, 0.25) is 0 Å². The van der Waals surface area contributed by atoms with Gasteiger partial charge in [-0.3, -0.25) is 4.99 Å². The van der Waals surface area contributed by atoms with E-state index in [-0.39, 0.29) is 0 Å². The molecule has 0 aliphatic heterocycles. The summed E-state index contributed by atoms with van der Waals surface area (Å²) >= 11 is 0. The first kappa shape index (κ1) is 17.5. The standard InChI is InChI=1S/C14H23N3O3S/c1-4-20-10-9-16-14(15-2)17-11-12-5-7-13(8-6-12)21(3,18)19/h5-8H,4,9-11H2,1-3H3,(H2,15,16,17). The third kappa shape index (κ3) is 6.59. The van der Waals surface area contributed by atoms with E-state index < -0.39 is 9.84 Å². The number of benzene rings is 1. The molecular weight excluding hydrogens is 290 g/mol. The lowest BCUT2D eigenvalue weighted by molar-refractivity contribution is 0.152. The maximum atomic E-state index is 11.4. The van der Waals surface area contributed by atoms with Gasteiger partial charge in [-0.25, -0.2) is 8.42 Å². The van der Waals surface area contributed by atoms with Crippen molar-refractivity contribution in [3.8, 4) is 0 Å². The maximum absolute atomic E-state index is 11.4. The first-order valence-corrected chi connectivity index (χ1v) is 8.67. The molecule has 0 spiro atoms. The monoisotopic (exact) mass is 313 g/mol. The highest BCUT2D eigenvalue weighted by atomic mass is 32.2. The Morgan fingerprint density at radius 3 is 2.43 bits per heavy atom. The van der Waals surface area contributed by atoms with Crippen LogP contribution in [-0.4, -0.2) is 47.4 Å². The van der Waals surface area contributed by atoms with E-state index in [1.807, 2.05) is 6.92 Å². The van der Waals surface area contributed by atoms with Crippen molar-refractivity contribution in [1.82, 2.24) is 10.6 Å². The van der Waals surface area contributed by atoms with Gasteiger partial charge in [0.05, 0.1) is 11.5 Å². The molecule has 0 radical (unpaired) electrons. The van der Waals surface area contributed by atoms with Gasteiger partial charge in [-0.2, -0.15) is 0 Å². The molecule has 0 amide bonds. The van der Waals surface area contributed by atoms with Gasteiger partial charge in [0.25, 0.3) is 0 Å². The summed E-state index contributed by atoms with van der Waals surface area (Å²) in [5.74, 6) is 0.682. The van der Waals surface area contributed by atoms with E-state index in [0.29, 0.717) is 37.2 Å². The molecule has 1 aromatic rings. The molecule has 0 aromatic heterocycles. The minimum absolute atomic E-state index is 0.325. The van der Waals surface area contributed by atoms with E-state index in [0.717, 1.165) is 5.56 Å². The molecule has 0 atom stereocenters. The minimum atomic E-state index is -3.14. The van der Waals surface area contributed by atoms with Crippen LogP contribution in [0.15, 0.2) is 34.2 Å². The average Bonchev–Trinajstić information content (AvgIpc) is 2.46. The van der Waals surface area contributed by atoms with Crippen molar-refractivity contribution in [3.63, 3.8) is 0 Å². The van der Waals surface area contributed by atoms with E-state index in [4.69, 9.17) is 4.74 Å². The number of hydrogen-bond donors (Lipinski definition) is 2. The van der Waals surface area contributed by atoms with E-state index in [1.165, 1.54) is 6.26 Å². The quantitative estimate of drug-likeness (QED) is 0.442. The Labute approximate surface area is 126 Å². The number of ether oxygens (including phenoxy) is 1. The third-order valence-corrected chi connectivity index (χ3v) is 3.91. The van der Waals surface area contributed by atoms with E-state index in [1.54, 1.807) is 31.3 Å². The van der Waals surface area contributed by atoms with Gasteiger partial charge in [0.15, 0.2) is 15.8 Å². The number of hydrogen-bond acceptors (Lipinski definition) is 4. The van der Waals surface area contributed by atoms with Crippen molar-refractivity contribution >= 4 is 15.8 Å². The number of aliphatic imine (C=N–C) groups is 1. The van der Waals surface area contributed by atoms with Crippen molar-refractivity contribution < 1.29 is 13.2 Å². The lowest BCUT2D eigenvalue weighted by atomic mass is 10.2. The van der Waals surface area contributed by atoms with Gasteiger partial charge in [-0.1, -0.05) is 12.1 Å². The van der Waals surface area contributed by atoms with Crippen LogP contribution in [0.1, 0.15) is 12.5 Å². The summed E-state index contributed by atoms with van der Waals surface area (Å²) in [6.07, 6.45) is 1.20. The van der Waals surface area contributed by atoms with Crippen molar-refractivity contribution in [2.45, 2.75) is 18.4 Å². The number of guanidine groups is 1. The highest BCUT2D eigenvalue weighted by molar-refractivity contribution is 7.90. The fraction of sp³-hybridized carbons (Fsp3) is 0.500. The van der Waals surface area contributed by atoms with Crippen molar-refractivity contribution in [2.24, 2.45) is 4.99 Å². The fourth-order valence-electron chi connectivity index (χ4n) is 1.65. The van der Waals surface area contributed by atoms with Crippen molar-refractivity contribution in [3.05, 3.63) is 29.8 Å². The summed E-state index contributed by atoms with van der Waals surface area (Å²) in [5.41, 5.74) is 0.982. The Kier molecular flexibility index (Phi) is 7.18. The van der Waals surface area contributed by atoms with Crippen LogP contribution in [0.4, 0.5) is 0 Å². The molecule has 0 saturated heterocycles. The Morgan fingerprint density at radius 1 is 1.24 bits per heavy atom. The lowest BCUT2D eigenvalue weighted by Gasteiger charge is -2.12. The average molecular weight is 313 g/mol. The highest BCUT2D eigenvalue weighted by Gasteiger charge is 2.06. The molecule has 0 aliphatic rings. The maximum Gasteiger partial charge on any atom is 0.191 e. The third-order valence-electron chi connectivity index (χ3n) is 2.78. The van der Waals surface area contributed by atoms with Gasteiger partial charge >= 0.3 is 0 Å². The molecule has 0 aliphatic carbocycles. The van der Waals surface area contributed by atoms with Crippen LogP contribution < -0.4 is 10.6 Å². The predicted octanol–water partition coefficient (Wildman–Crippen LogP) is 0.792. The molecule has 7 heteroatoms. The topological polar surface area (TPSA) is 79.8 Å². The van der Waals surface area contributed by atoms with Crippen LogP contribution in [0.3, 0.4) is 0 Å². The molecule has 0 saturated carbocycles. The van der Waals surface area contributed by atoms with Crippen LogP contribution in [0.25, 0.3) is 0 Å². The number of sulfone groups is 1. The molecule has 0 fully saturated rings. The van der Waals surface area contributed by atoms with Crippen molar-refractivity contribution in [1.29, 1.82) is 0 Å². The van der Waals surface area contributed by atoms with Gasteiger partial charge in [-0.15, -0.1) is 0 Å². The molecule has 0 bridgehead atoms. The lowest BCUT2D eigenvalue weighted by Crippen LogP contribution is -2.38. The molecule has 1 rings (SSSR count). The summed E-state index contributed by atoms with van der Waals surface area (Å²) in [4.78, 5) is 4.43. The second kappa shape index (κ2) is 8.63. The largest absolute Gasteiger partial charge is 0.380 e. The summed E-state index contributed by atoms with van der Waals surface area (Å²) in [5, 5.41) is 6.28. The number of nitrogens with zero attached hydrogens (tertiary/aromatic N) is 1. The predicted molar refractivity (Wildman–Crippen MR) is 84.2 cm³/mol. The first-order chi connectivity index (χ1) is 9.97. The summed E-state index contributed by atoms with van der Waals surface area (Å²) in [6.45, 7) is 4.52.